The van der Waals surface area contributed by atoms with Gasteiger partial charge in [-0.3, -0.25) is 4.99 Å². The largest absolute Gasteiger partial charge is 0.465 e. The van der Waals surface area contributed by atoms with Crippen LogP contribution >= 0.6 is 24.0 Å². The van der Waals surface area contributed by atoms with E-state index in [1.807, 2.05) is 4.90 Å². The van der Waals surface area contributed by atoms with Crippen molar-refractivity contribution in [1.29, 1.82) is 0 Å². The van der Waals surface area contributed by atoms with Crippen LogP contribution in [0.5, 0.6) is 0 Å². The fraction of sp³-hybridized carbons (Fsp3) is 0.400. The number of furan rings is 1. The molecule has 1 aromatic carbocycles. The minimum atomic E-state index is -0.590. The van der Waals surface area contributed by atoms with Gasteiger partial charge < -0.3 is 24.7 Å². The summed E-state index contributed by atoms with van der Waals surface area (Å²) in [5, 5.41) is 6.42. The second-order valence-electron chi connectivity index (χ2n) is 6.77. The first-order chi connectivity index (χ1) is 13.9. The van der Waals surface area contributed by atoms with Gasteiger partial charge >= 0.3 is 5.97 Å². The van der Waals surface area contributed by atoms with Crippen LogP contribution in [0.1, 0.15) is 28.3 Å². The molecule has 10 heteroatoms. The average molecular weight is 534 g/mol. The van der Waals surface area contributed by atoms with E-state index in [4.69, 9.17) is 9.15 Å². The molecule has 0 spiro atoms. The lowest BCUT2D eigenvalue weighted by Crippen LogP contribution is -2.44. The second-order valence-corrected chi connectivity index (χ2v) is 6.77. The number of carbonyl (C=O) groups is 1. The fourth-order valence-electron chi connectivity index (χ4n) is 3.34. The van der Waals surface area contributed by atoms with Crippen molar-refractivity contribution in [1.82, 2.24) is 10.6 Å². The van der Waals surface area contributed by atoms with Crippen molar-refractivity contribution in [3.63, 3.8) is 0 Å². The highest BCUT2D eigenvalue weighted by Gasteiger charge is 2.25. The molecule has 1 atom stereocenters. The zero-order chi connectivity index (χ0) is 21.0. The number of carbonyl (C=O) groups excluding carboxylic acids is 1. The van der Waals surface area contributed by atoms with E-state index in [-0.39, 0.29) is 30.0 Å². The number of rotatable bonds is 5. The number of hydrogen-bond acceptors (Lipinski definition) is 5. The van der Waals surface area contributed by atoms with Crippen molar-refractivity contribution in [2.45, 2.75) is 25.9 Å². The highest BCUT2D eigenvalue weighted by atomic mass is 127. The van der Waals surface area contributed by atoms with Crippen LogP contribution in [0.15, 0.2) is 33.7 Å². The Balaban J connectivity index is 0.00000320. The summed E-state index contributed by atoms with van der Waals surface area (Å²) in [4.78, 5) is 17.7. The van der Waals surface area contributed by atoms with Gasteiger partial charge in [-0.05, 0) is 31.5 Å². The first-order valence-corrected chi connectivity index (χ1v) is 9.26. The molecule has 3 rings (SSSR count). The number of aliphatic imine (C=N–C) groups is 1. The van der Waals surface area contributed by atoms with Gasteiger partial charge in [0.2, 0.25) is 0 Å². The Morgan fingerprint density at radius 2 is 2.13 bits per heavy atom. The van der Waals surface area contributed by atoms with E-state index in [0.29, 0.717) is 48.4 Å². The van der Waals surface area contributed by atoms with Crippen molar-refractivity contribution in [3.05, 3.63) is 53.0 Å². The van der Waals surface area contributed by atoms with Crippen LogP contribution in [0.3, 0.4) is 0 Å². The zero-order valence-corrected chi connectivity index (χ0v) is 19.3. The van der Waals surface area contributed by atoms with Crippen LogP contribution in [0.2, 0.25) is 0 Å². The molecule has 0 saturated carbocycles. The zero-order valence-electron chi connectivity index (χ0n) is 17.0. The average Bonchev–Trinajstić information content (AvgIpc) is 3.31. The molecular formula is C20H25F2IN4O3. The lowest BCUT2D eigenvalue weighted by Gasteiger charge is -2.20. The standard InChI is InChI=1S/C20H24F2N4O3.HI/c1-12-16(19(27)28-3)9-15(29-12)10-24-20(23-2)25-14-6-7-26(11-14)18-5-4-13(21)8-17(18)22;/h4-5,8-9,14H,6-7,10-11H2,1-3H3,(H2,23,24,25);1H. The highest BCUT2D eigenvalue weighted by Crippen LogP contribution is 2.24. The maximum Gasteiger partial charge on any atom is 0.341 e. The van der Waals surface area contributed by atoms with Crippen LogP contribution in [-0.2, 0) is 11.3 Å². The van der Waals surface area contributed by atoms with E-state index < -0.39 is 17.6 Å². The Kier molecular flexibility index (Phi) is 8.44. The molecule has 0 bridgehead atoms. The number of anilines is 1. The number of benzene rings is 1. The maximum atomic E-state index is 14.0. The molecule has 1 aromatic heterocycles. The molecule has 1 saturated heterocycles. The minimum absolute atomic E-state index is 0. The number of hydrogen-bond donors (Lipinski definition) is 2. The first kappa shape index (κ1) is 23.9. The number of nitrogens with zero attached hydrogens (tertiary/aromatic N) is 2. The van der Waals surface area contributed by atoms with Gasteiger partial charge in [-0.2, -0.15) is 0 Å². The number of ether oxygens (including phenoxy) is 1. The lowest BCUT2D eigenvalue weighted by atomic mass is 10.2. The molecule has 1 unspecified atom stereocenters. The third-order valence-electron chi connectivity index (χ3n) is 4.81. The fourth-order valence-corrected chi connectivity index (χ4v) is 3.34. The molecule has 0 aliphatic carbocycles. The summed E-state index contributed by atoms with van der Waals surface area (Å²) in [7, 11) is 2.97. The van der Waals surface area contributed by atoms with Crippen molar-refractivity contribution in [3.8, 4) is 0 Å². The molecule has 0 radical (unpaired) electrons. The van der Waals surface area contributed by atoms with Crippen LogP contribution in [0, 0.1) is 18.6 Å². The number of methoxy groups -OCH3 is 1. The molecular weight excluding hydrogens is 509 g/mol. The second kappa shape index (κ2) is 10.6. The van der Waals surface area contributed by atoms with Crippen molar-refractivity contribution < 1.29 is 22.7 Å². The number of guanidine groups is 1. The monoisotopic (exact) mass is 534 g/mol. The summed E-state index contributed by atoms with van der Waals surface area (Å²) in [5.41, 5.74) is 0.778. The smallest absolute Gasteiger partial charge is 0.341 e. The SMILES string of the molecule is CN=C(NCc1cc(C(=O)OC)c(C)o1)NC1CCN(c2ccc(F)cc2F)C1.I. The first-order valence-electron chi connectivity index (χ1n) is 9.26. The number of esters is 1. The highest BCUT2D eigenvalue weighted by molar-refractivity contribution is 14.0. The van der Waals surface area contributed by atoms with Gasteiger partial charge in [0.05, 0.1) is 19.3 Å². The molecule has 0 amide bonds. The summed E-state index contributed by atoms with van der Waals surface area (Å²) in [6.07, 6.45) is 0.782. The van der Waals surface area contributed by atoms with Gasteiger partial charge in [-0.15, -0.1) is 24.0 Å². The number of aryl methyl sites for hydroxylation is 1. The van der Waals surface area contributed by atoms with Crippen LogP contribution in [-0.4, -0.2) is 45.2 Å². The van der Waals surface area contributed by atoms with Gasteiger partial charge in [0.15, 0.2) is 5.96 Å². The quantitative estimate of drug-likeness (QED) is 0.266. The maximum absolute atomic E-state index is 14.0. The van der Waals surface area contributed by atoms with Crippen molar-refractivity contribution in [2.24, 2.45) is 4.99 Å². The lowest BCUT2D eigenvalue weighted by molar-refractivity contribution is 0.0599. The molecule has 2 N–H and O–H groups in total. The van der Waals surface area contributed by atoms with E-state index in [1.165, 1.54) is 19.2 Å². The summed E-state index contributed by atoms with van der Waals surface area (Å²) in [6, 6.07) is 5.29. The molecule has 1 aliphatic rings. The van der Waals surface area contributed by atoms with Crippen LogP contribution < -0.4 is 15.5 Å². The third kappa shape index (κ3) is 5.61. The predicted octanol–water partition coefficient (Wildman–Crippen LogP) is 3.21. The third-order valence-corrected chi connectivity index (χ3v) is 4.81. The Labute approximate surface area is 190 Å². The molecule has 1 aliphatic heterocycles. The number of nitrogens with one attached hydrogen (secondary N) is 2. The van der Waals surface area contributed by atoms with E-state index in [2.05, 4.69) is 15.6 Å². The predicted molar refractivity (Wildman–Crippen MR) is 121 cm³/mol. The molecule has 1 fully saturated rings. The van der Waals surface area contributed by atoms with Gasteiger partial charge in [0, 0.05) is 32.2 Å². The Bertz CT molecular complexity index is 919. The van der Waals surface area contributed by atoms with Gasteiger partial charge in [-0.1, -0.05) is 0 Å². The van der Waals surface area contributed by atoms with Gasteiger partial charge in [0.25, 0.3) is 0 Å². The van der Waals surface area contributed by atoms with Gasteiger partial charge in [-0.25, -0.2) is 13.6 Å². The minimum Gasteiger partial charge on any atom is -0.465 e. The summed E-state index contributed by atoms with van der Waals surface area (Å²) in [6.45, 7) is 3.25. The van der Waals surface area contributed by atoms with E-state index >= 15 is 0 Å². The Hall–Kier alpha value is -2.37. The topological polar surface area (TPSA) is 79.1 Å². The summed E-state index contributed by atoms with van der Waals surface area (Å²) < 4.78 is 37.4. The van der Waals surface area contributed by atoms with Crippen molar-refractivity contribution in [2.75, 3.05) is 32.1 Å². The number of halogens is 3. The molecule has 7 nitrogen and oxygen atoms in total. The van der Waals surface area contributed by atoms with E-state index in [1.54, 1.807) is 20.0 Å². The van der Waals surface area contributed by atoms with E-state index in [9.17, 15) is 13.6 Å². The van der Waals surface area contributed by atoms with Crippen LogP contribution in [0.25, 0.3) is 0 Å². The Morgan fingerprint density at radius 1 is 1.37 bits per heavy atom. The normalized spacial score (nSPS) is 16.2. The molecule has 30 heavy (non-hydrogen) atoms. The molecule has 164 valence electrons. The molecule has 2 aromatic rings. The van der Waals surface area contributed by atoms with Crippen LogP contribution in [0.4, 0.5) is 14.5 Å². The van der Waals surface area contributed by atoms with Crippen molar-refractivity contribution >= 4 is 41.6 Å². The van der Waals surface area contributed by atoms with Gasteiger partial charge in [0.1, 0.15) is 28.7 Å². The van der Waals surface area contributed by atoms with E-state index in [0.717, 1.165) is 12.5 Å². The summed E-state index contributed by atoms with van der Waals surface area (Å²) in [5.74, 6) is 0.0248. The molecule has 2 heterocycles. The Morgan fingerprint density at radius 3 is 2.80 bits per heavy atom. The summed E-state index contributed by atoms with van der Waals surface area (Å²) >= 11 is 0.